The van der Waals surface area contributed by atoms with Crippen molar-refractivity contribution in [3.05, 3.63) is 29.6 Å². The van der Waals surface area contributed by atoms with Crippen molar-refractivity contribution in [2.75, 3.05) is 5.32 Å². The molecule has 1 aromatic carbocycles. The Morgan fingerprint density at radius 3 is 2.58 bits per heavy atom. The number of rotatable bonds is 1. The molecular formula is C8H4FN3. The van der Waals surface area contributed by atoms with E-state index in [1.165, 1.54) is 12.1 Å². The molecule has 0 heterocycles. The van der Waals surface area contributed by atoms with Crippen LogP contribution in [0.4, 0.5) is 10.1 Å². The van der Waals surface area contributed by atoms with E-state index in [4.69, 9.17) is 10.5 Å². The third kappa shape index (κ3) is 1.50. The average Bonchev–Trinajstić information content (AvgIpc) is 2.05. The number of anilines is 1. The maximum absolute atomic E-state index is 12.8. The first-order chi connectivity index (χ1) is 5.77. The van der Waals surface area contributed by atoms with Crippen molar-refractivity contribution < 1.29 is 4.39 Å². The van der Waals surface area contributed by atoms with Gasteiger partial charge in [0.2, 0.25) is 0 Å². The van der Waals surface area contributed by atoms with Crippen LogP contribution in [0.1, 0.15) is 5.56 Å². The van der Waals surface area contributed by atoms with E-state index in [1.807, 2.05) is 0 Å². The second-order valence-electron chi connectivity index (χ2n) is 2.04. The number of hydrogen-bond donors (Lipinski definition) is 1. The lowest BCUT2D eigenvalue weighted by atomic mass is 10.2. The molecule has 0 unspecified atom stereocenters. The molecular weight excluding hydrogens is 157 g/mol. The van der Waals surface area contributed by atoms with Crippen LogP contribution in [0.5, 0.6) is 0 Å². The van der Waals surface area contributed by atoms with Crippen molar-refractivity contribution in [2.45, 2.75) is 0 Å². The summed E-state index contributed by atoms with van der Waals surface area (Å²) in [5.41, 5.74) is 0.312. The van der Waals surface area contributed by atoms with Crippen molar-refractivity contribution >= 4 is 5.69 Å². The molecule has 0 aliphatic rings. The molecule has 4 heteroatoms. The first-order valence-corrected chi connectivity index (χ1v) is 3.12. The summed E-state index contributed by atoms with van der Waals surface area (Å²) < 4.78 is 12.8. The first-order valence-electron chi connectivity index (χ1n) is 3.12. The molecule has 0 bridgehead atoms. The van der Waals surface area contributed by atoms with E-state index in [2.05, 4.69) is 5.32 Å². The van der Waals surface area contributed by atoms with Gasteiger partial charge in [-0.1, -0.05) is 0 Å². The molecule has 0 fully saturated rings. The Kier molecular flexibility index (Phi) is 2.25. The van der Waals surface area contributed by atoms with E-state index in [0.717, 1.165) is 6.07 Å². The summed E-state index contributed by atoms with van der Waals surface area (Å²) in [7, 11) is 0. The molecule has 1 rings (SSSR count). The molecule has 0 aliphatic carbocycles. The lowest BCUT2D eigenvalue weighted by Gasteiger charge is -1.97. The summed E-state index contributed by atoms with van der Waals surface area (Å²) in [6.45, 7) is 0. The molecule has 58 valence electrons. The van der Waals surface area contributed by atoms with Gasteiger partial charge >= 0.3 is 0 Å². The molecule has 0 radical (unpaired) electrons. The van der Waals surface area contributed by atoms with Gasteiger partial charge in [0.05, 0.1) is 11.3 Å². The van der Waals surface area contributed by atoms with E-state index < -0.39 is 5.82 Å². The highest BCUT2D eigenvalue weighted by Crippen LogP contribution is 2.12. The van der Waals surface area contributed by atoms with Gasteiger partial charge in [0.15, 0.2) is 6.19 Å². The normalized spacial score (nSPS) is 8.25. The zero-order valence-electron chi connectivity index (χ0n) is 6.00. The van der Waals surface area contributed by atoms with Crippen LogP contribution in [0.15, 0.2) is 18.2 Å². The first kappa shape index (κ1) is 8.03. The van der Waals surface area contributed by atoms with Gasteiger partial charge in [0.25, 0.3) is 0 Å². The molecule has 0 saturated heterocycles. The van der Waals surface area contributed by atoms with Gasteiger partial charge in [-0.15, -0.1) is 0 Å². The molecule has 0 saturated carbocycles. The van der Waals surface area contributed by atoms with Crippen molar-refractivity contribution in [1.29, 1.82) is 10.5 Å². The predicted molar refractivity (Wildman–Crippen MR) is 40.4 cm³/mol. The second kappa shape index (κ2) is 3.36. The lowest BCUT2D eigenvalue weighted by Crippen LogP contribution is -1.90. The van der Waals surface area contributed by atoms with Gasteiger partial charge in [-0.05, 0) is 18.2 Å². The summed E-state index contributed by atoms with van der Waals surface area (Å²) in [6.07, 6.45) is 1.65. The van der Waals surface area contributed by atoms with Crippen LogP contribution in [-0.4, -0.2) is 0 Å². The smallest absolute Gasteiger partial charge is 0.181 e. The fraction of sp³-hybridized carbons (Fsp3) is 0. The van der Waals surface area contributed by atoms with E-state index in [9.17, 15) is 4.39 Å². The second-order valence-corrected chi connectivity index (χ2v) is 2.04. The van der Waals surface area contributed by atoms with Crippen LogP contribution in [0.2, 0.25) is 0 Å². The fourth-order valence-corrected chi connectivity index (χ4v) is 0.748. The Balaban J connectivity index is 3.06. The van der Waals surface area contributed by atoms with Crippen LogP contribution in [-0.2, 0) is 0 Å². The summed E-state index contributed by atoms with van der Waals surface area (Å²) >= 11 is 0. The van der Waals surface area contributed by atoms with Crippen LogP contribution in [0.3, 0.4) is 0 Å². The van der Waals surface area contributed by atoms with Gasteiger partial charge in [-0.25, -0.2) is 4.39 Å². The van der Waals surface area contributed by atoms with Crippen LogP contribution < -0.4 is 5.32 Å². The Bertz CT molecular complexity index is 373. The van der Waals surface area contributed by atoms with Gasteiger partial charge < -0.3 is 0 Å². The molecule has 0 spiro atoms. The van der Waals surface area contributed by atoms with E-state index in [-0.39, 0.29) is 5.56 Å². The molecule has 0 aliphatic heterocycles. The highest BCUT2D eigenvalue weighted by atomic mass is 19.1. The SMILES string of the molecule is N#CNc1ccc(C#N)c(F)c1. The minimum absolute atomic E-state index is 0.0292. The largest absolute Gasteiger partial charge is 0.293 e. The molecule has 0 atom stereocenters. The van der Waals surface area contributed by atoms with Gasteiger partial charge in [0.1, 0.15) is 11.9 Å². The Labute approximate surface area is 68.7 Å². The summed E-state index contributed by atoms with van der Waals surface area (Å²) in [4.78, 5) is 0. The minimum Gasteiger partial charge on any atom is -0.293 e. The Morgan fingerprint density at radius 1 is 1.33 bits per heavy atom. The van der Waals surface area contributed by atoms with Crippen LogP contribution >= 0.6 is 0 Å². The Morgan fingerprint density at radius 2 is 2.08 bits per heavy atom. The maximum Gasteiger partial charge on any atom is 0.181 e. The Hall–Kier alpha value is -2.07. The van der Waals surface area contributed by atoms with Crippen molar-refractivity contribution in [3.8, 4) is 12.3 Å². The van der Waals surface area contributed by atoms with Gasteiger partial charge in [-0.2, -0.15) is 10.5 Å². The van der Waals surface area contributed by atoms with Crippen molar-refractivity contribution in [2.24, 2.45) is 0 Å². The standard InChI is InChI=1S/C8H4FN3/c9-8-3-7(12-5-11)2-1-6(8)4-10/h1-3,12H. The predicted octanol–water partition coefficient (Wildman–Crippen LogP) is 1.59. The summed E-state index contributed by atoms with van der Waals surface area (Å²) in [6, 6.07) is 5.56. The van der Waals surface area contributed by atoms with Crippen LogP contribution in [0.25, 0.3) is 0 Å². The number of nitrogens with zero attached hydrogens (tertiary/aromatic N) is 2. The highest BCUT2D eigenvalue weighted by molar-refractivity contribution is 5.50. The lowest BCUT2D eigenvalue weighted by molar-refractivity contribution is 0.624. The van der Waals surface area contributed by atoms with Gasteiger partial charge in [0, 0.05) is 0 Å². The molecule has 1 N–H and O–H groups in total. The monoisotopic (exact) mass is 161 g/mol. The third-order valence-electron chi connectivity index (χ3n) is 1.29. The number of hydrogen-bond acceptors (Lipinski definition) is 3. The summed E-state index contributed by atoms with van der Waals surface area (Å²) in [5.74, 6) is -0.627. The van der Waals surface area contributed by atoms with E-state index in [1.54, 1.807) is 12.3 Å². The van der Waals surface area contributed by atoms with E-state index in [0.29, 0.717) is 5.69 Å². The molecule has 12 heavy (non-hydrogen) atoms. The third-order valence-corrected chi connectivity index (χ3v) is 1.29. The van der Waals surface area contributed by atoms with Crippen molar-refractivity contribution in [1.82, 2.24) is 0 Å². The average molecular weight is 161 g/mol. The topological polar surface area (TPSA) is 59.6 Å². The molecule has 0 amide bonds. The highest BCUT2D eigenvalue weighted by Gasteiger charge is 2.00. The zero-order valence-corrected chi connectivity index (χ0v) is 6.00. The number of benzene rings is 1. The van der Waals surface area contributed by atoms with Gasteiger partial charge in [-0.3, -0.25) is 5.32 Å². The molecule has 3 nitrogen and oxygen atoms in total. The molecule has 1 aromatic rings. The number of halogens is 1. The summed E-state index contributed by atoms with van der Waals surface area (Å²) in [5, 5.41) is 18.8. The number of nitriles is 2. The quantitative estimate of drug-likeness (QED) is 0.502. The molecule has 0 aromatic heterocycles. The fourth-order valence-electron chi connectivity index (χ4n) is 0.748. The number of nitrogens with one attached hydrogen (secondary N) is 1. The maximum atomic E-state index is 12.8. The van der Waals surface area contributed by atoms with Crippen LogP contribution in [0, 0.1) is 28.6 Å². The van der Waals surface area contributed by atoms with Crippen molar-refractivity contribution in [3.63, 3.8) is 0 Å². The minimum atomic E-state index is -0.627. The zero-order chi connectivity index (χ0) is 8.97. The van der Waals surface area contributed by atoms with E-state index >= 15 is 0 Å².